The summed E-state index contributed by atoms with van der Waals surface area (Å²) in [4.78, 5) is 16.7. The van der Waals surface area contributed by atoms with Crippen molar-refractivity contribution >= 4 is 39.7 Å². The second-order valence-electron chi connectivity index (χ2n) is 8.53. The van der Waals surface area contributed by atoms with Crippen LogP contribution in [0.15, 0.2) is 36.4 Å². The number of piperazine rings is 1. The van der Waals surface area contributed by atoms with Gasteiger partial charge < -0.3 is 14.7 Å². The highest BCUT2D eigenvalue weighted by atomic mass is 35.5. The van der Waals surface area contributed by atoms with Gasteiger partial charge in [-0.1, -0.05) is 11.6 Å². The molecule has 1 saturated carbocycles. The third-order valence-corrected chi connectivity index (χ3v) is 6.43. The van der Waals surface area contributed by atoms with Crippen LogP contribution >= 0.6 is 11.6 Å². The maximum atomic E-state index is 9.09. The van der Waals surface area contributed by atoms with E-state index >= 15 is 0 Å². The minimum atomic E-state index is 0.510. The summed E-state index contributed by atoms with van der Waals surface area (Å²) in [6.45, 7) is 3.42. The predicted octanol–water partition coefficient (Wildman–Crippen LogP) is 4.42. The Morgan fingerprint density at radius 3 is 2.39 bits per heavy atom. The highest BCUT2D eigenvalue weighted by molar-refractivity contribution is 6.33. The topological polar surface area (TPSA) is 59.3 Å². The quantitative estimate of drug-likeness (QED) is 0.608. The van der Waals surface area contributed by atoms with Gasteiger partial charge in [0.15, 0.2) is 0 Å². The van der Waals surface area contributed by atoms with E-state index in [4.69, 9.17) is 26.8 Å². The second-order valence-corrected chi connectivity index (χ2v) is 8.93. The molecule has 5 rings (SSSR count). The van der Waals surface area contributed by atoms with Crippen LogP contribution in [0.3, 0.4) is 0 Å². The van der Waals surface area contributed by atoms with E-state index in [1.807, 2.05) is 12.1 Å². The molecule has 31 heavy (non-hydrogen) atoms. The number of benzene rings is 2. The van der Waals surface area contributed by atoms with E-state index in [9.17, 15) is 0 Å². The van der Waals surface area contributed by atoms with Crippen LogP contribution < -0.4 is 14.7 Å². The van der Waals surface area contributed by atoms with Crippen LogP contribution in [0, 0.1) is 11.3 Å². The fourth-order valence-electron chi connectivity index (χ4n) is 4.15. The minimum absolute atomic E-state index is 0.510. The Morgan fingerprint density at radius 1 is 1.00 bits per heavy atom. The molecule has 1 saturated heterocycles. The van der Waals surface area contributed by atoms with Crippen molar-refractivity contribution in [1.82, 2.24) is 9.97 Å². The predicted molar refractivity (Wildman–Crippen MR) is 126 cm³/mol. The SMILES string of the molecule is CN(C)c1ccc2nc(C3CC3)nc(N3CCN(c4ccc(C#N)cc4Cl)CC3)c2c1. The zero-order valence-electron chi connectivity index (χ0n) is 17.8. The van der Waals surface area contributed by atoms with Crippen LogP contribution in [0.2, 0.25) is 5.02 Å². The van der Waals surface area contributed by atoms with Crippen molar-refractivity contribution in [3.8, 4) is 6.07 Å². The molecule has 1 aliphatic carbocycles. The third kappa shape index (κ3) is 3.86. The summed E-state index contributed by atoms with van der Waals surface area (Å²) in [6.07, 6.45) is 2.37. The standard InChI is InChI=1S/C24H25ClN6/c1-29(2)18-6-7-21-19(14-18)24(28-23(27-21)17-4-5-17)31-11-9-30(10-12-31)22-8-3-16(15-26)13-20(22)25/h3,6-8,13-14,17H,4-5,9-12H2,1-2H3. The van der Waals surface area contributed by atoms with Crippen molar-refractivity contribution in [1.29, 1.82) is 5.26 Å². The number of aromatic nitrogens is 2. The van der Waals surface area contributed by atoms with Gasteiger partial charge in [0.2, 0.25) is 0 Å². The molecule has 158 valence electrons. The third-order valence-electron chi connectivity index (χ3n) is 6.13. The first-order valence-corrected chi connectivity index (χ1v) is 11.1. The van der Waals surface area contributed by atoms with Gasteiger partial charge in [0, 0.05) is 57.3 Å². The van der Waals surface area contributed by atoms with Crippen molar-refractivity contribution in [3.05, 3.63) is 52.8 Å². The Kier molecular flexibility index (Phi) is 5.07. The molecule has 2 heterocycles. The maximum absolute atomic E-state index is 9.09. The van der Waals surface area contributed by atoms with Crippen molar-refractivity contribution in [2.45, 2.75) is 18.8 Å². The Balaban J connectivity index is 1.44. The number of anilines is 3. The second kappa shape index (κ2) is 7.90. The van der Waals surface area contributed by atoms with Gasteiger partial charge in [0.25, 0.3) is 0 Å². The zero-order chi connectivity index (χ0) is 21.5. The van der Waals surface area contributed by atoms with E-state index in [0.29, 0.717) is 16.5 Å². The van der Waals surface area contributed by atoms with Crippen LogP contribution in [0.4, 0.5) is 17.2 Å². The molecule has 3 aromatic rings. The lowest BCUT2D eigenvalue weighted by Crippen LogP contribution is -2.47. The molecule has 0 spiro atoms. The van der Waals surface area contributed by atoms with Crippen molar-refractivity contribution in [3.63, 3.8) is 0 Å². The van der Waals surface area contributed by atoms with Gasteiger partial charge in [0.05, 0.1) is 27.9 Å². The van der Waals surface area contributed by atoms with Gasteiger partial charge in [-0.15, -0.1) is 0 Å². The van der Waals surface area contributed by atoms with Gasteiger partial charge in [-0.05, 0) is 49.2 Å². The first-order valence-electron chi connectivity index (χ1n) is 10.7. The molecule has 0 atom stereocenters. The number of hydrogen-bond acceptors (Lipinski definition) is 6. The summed E-state index contributed by atoms with van der Waals surface area (Å²) in [7, 11) is 4.11. The summed E-state index contributed by atoms with van der Waals surface area (Å²) in [6, 6.07) is 14.1. The Morgan fingerprint density at radius 2 is 1.74 bits per heavy atom. The number of fused-ring (bicyclic) bond motifs is 1. The Hall–Kier alpha value is -3.04. The van der Waals surface area contributed by atoms with Gasteiger partial charge >= 0.3 is 0 Å². The molecule has 0 radical (unpaired) electrons. The molecule has 0 amide bonds. The number of halogens is 1. The number of hydrogen-bond donors (Lipinski definition) is 0. The van der Waals surface area contributed by atoms with Crippen LogP contribution in [0.1, 0.15) is 30.1 Å². The minimum Gasteiger partial charge on any atom is -0.378 e. The van der Waals surface area contributed by atoms with Crippen molar-refractivity contribution < 1.29 is 0 Å². The van der Waals surface area contributed by atoms with E-state index in [2.05, 4.69) is 53.1 Å². The van der Waals surface area contributed by atoms with E-state index in [1.165, 1.54) is 12.8 Å². The molecule has 1 aliphatic heterocycles. The maximum Gasteiger partial charge on any atom is 0.140 e. The normalized spacial score (nSPS) is 16.5. The molecule has 2 aromatic carbocycles. The molecule has 0 unspecified atom stereocenters. The molecule has 1 aromatic heterocycles. The number of rotatable bonds is 4. The smallest absolute Gasteiger partial charge is 0.140 e. The molecular weight excluding hydrogens is 408 g/mol. The van der Waals surface area contributed by atoms with E-state index < -0.39 is 0 Å². The van der Waals surface area contributed by atoms with Crippen LogP contribution in [-0.4, -0.2) is 50.2 Å². The molecule has 0 N–H and O–H groups in total. The zero-order valence-corrected chi connectivity index (χ0v) is 18.6. The van der Waals surface area contributed by atoms with E-state index in [1.54, 1.807) is 6.07 Å². The average Bonchev–Trinajstić information content (AvgIpc) is 3.63. The fourth-order valence-corrected chi connectivity index (χ4v) is 4.45. The Bertz CT molecular complexity index is 1170. The van der Waals surface area contributed by atoms with Crippen LogP contribution in [0.25, 0.3) is 10.9 Å². The van der Waals surface area contributed by atoms with Crippen molar-refractivity contribution in [2.75, 3.05) is 55.0 Å². The largest absolute Gasteiger partial charge is 0.378 e. The molecule has 2 fully saturated rings. The first-order chi connectivity index (χ1) is 15.0. The molecule has 2 aliphatic rings. The van der Waals surface area contributed by atoms with Gasteiger partial charge in [-0.25, -0.2) is 9.97 Å². The lowest BCUT2D eigenvalue weighted by Gasteiger charge is -2.37. The average molecular weight is 433 g/mol. The van der Waals surface area contributed by atoms with E-state index in [-0.39, 0.29) is 0 Å². The summed E-state index contributed by atoms with van der Waals surface area (Å²) in [5.41, 5.74) is 3.75. The van der Waals surface area contributed by atoms with Gasteiger partial charge in [-0.3, -0.25) is 0 Å². The summed E-state index contributed by atoms with van der Waals surface area (Å²) < 4.78 is 0. The van der Waals surface area contributed by atoms with Gasteiger partial charge in [0.1, 0.15) is 11.6 Å². The van der Waals surface area contributed by atoms with Crippen LogP contribution in [0.5, 0.6) is 0 Å². The highest BCUT2D eigenvalue weighted by Gasteiger charge is 2.29. The molecule has 6 nitrogen and oxygen atoms in total. The molecular formula is C24H25ClN6. The Labute approximate surface area is 187 Å². The van der Waals surface area contributed by atoms with E-state index in [0.717, 1.165) is 60.1 Å². The summed E-state index contributed by atoms with van der Waals surface area (Å²) in [5, 5.41) is 10.8. The van der Waals surface area contributed by atoms with Crippen LogP contribution in [-0.2, 0) is 0 Å². The van der Waals surface area contributed by atoms with Crippen molar-refractivity contribution in [2.24, 2.45) is 0 Å². The monoisotopic (exact) mass is 432 g/mol. The molecule has 0 bridgehead atoms. The lowest BCUT2D eigenvalue weighted by molar-refractivity contribution is 0.647. The lowest BCUT2D eigenvalue weighted by atomic mass is 10.1. The first kappa shape index (κ1) is 19.9. The van der Waals surface area contributed by atoms with Gasteiger partial charge in [-0.2, -0.15) is 5.26 Å². The number of nitriles is 1. The molecule has 7 heteroatoms. The fraction of sp³-hybridized carbons (Fsp3) is 0.375. The highest BCUT2D eigenvalue weighted by Crippen LogP contribution is 2.40. The summed E-state index contributed by atoms with van der Waals surface area (Å²) in [5.74, 6) is 2.54. The number of nitrogens with zero attached hydrogens (tertiary/aromatic N) is 6. The summed E-state index contributed by atoms with van der Waals surface area (Å²) >= 11 is 6.45.